The molecule has 1 unspecified atom stereocenters. The van der Waals surface area contributed by atoms with Gasteiger partial charge in [0.1, 0.15) is 51.4 Å². The van der Waals surface area contributed by atoms with E-state index in [4.69, 9.17) is 50.2 Å². The van der Waals surface area contributed by atoms with Crippen molar-refractivity contribution in [3.63, 3.8) is 0 Å². The summed E-state index contributed by atoms with van der Waals surface area (Å²) in [5.41, 5.74) is 13.6. The predicted molar refractivity (Wildman–Crippen MR) is 253 cm³/mol. The van der Waals surface area contributed by atoms with Gasteiger partial charge in [-0.3, -0.25) is 0 Å². The SMILES string of the molecule is CC[C@H]1OC(=O)[C@H](O[Si](C)(C)C(C)(C)C)[C@@H]1C.CC[C@H]1OC(O)(c2ccc3c(N)ncnn23)[C@H](O[Si](C)(C)C(C)(C)C)[C@@H]1C.Nc1ncnn2c(I)ccc12.[CH3-].[Cl][La]([Cl])[Cl]. The molecule has 0 bridgehead atoms. The third kappa shape index (κ3) is 13.0. The van der Waals surface area contributed by atoms with Crippen molar-refractivity contribution in [1.29, 1.82) is 0 Å². The van der Waals surface area contributed by atoms with E-state index in [1.165, 1.54) is 12.7 Å². The molecule has 2 aliphatic rings. The molecular weight excluding hydrogens is 1100 g/mol. The Morgan fingerprint density at radius 1 is 0.833 bits per heavy atom. The third-order valence-electron chi connectivity index (χ3n) is 11.9. The molecule has 0 amide bonds. The van der Waals surface area contributed by atoms with E-state index in [2.05, 4.69) is 131 Å². The summed E-state index contributed by atoms with van der Waals surface area (Å²) in [6, 6.07) is 7.45. The Labute approximate surface area is 393 Å². The van der Waals surface area contributed by atoms with Gasteiger partial charge in [0.25, 0.3) is 0 Å². The van der Waals surface area contributed by atoms with E-state index in [-0.39, 0.29) is 53.6 Å². The molecule has 5 N–H and O–H groups in total. The predicted octanol–water partition coefficient (Wildman–Crippen LogP) is 10.1. The zero-order valence-corrected chi connectivity index (χ0v) is 47.8. The number of aliphatic hydroxyl groups is 1. The Bertz CT molecular complexity index is 2010. The van der Waals surface area contributed by atoms with Crippen LogP contribution in [-0.4, -0.2) is 81.3 Å². The van der Waals surface area contributed by atoms with Crippen molar-refractivity contribution < 1.29 is 53.9 Å². The second-order valence-corrected chi connectivity index (χ2v) is 44.5. The summed E-state index contributed by atoms with van der Waals surface area (Å²) in [4.78, 5) is 19.7. The minimum atomic E-state index is -2.31. The van der Waals surface area contributed by atoms with E-state index in [9.17, 15) is 9.90 Å². The average molecular weight is 1170 g/mol. The van der Waals surface area contributed by atoms with Crippen LogP contribution < -0.4 is 11.5 Å². The first kappa shape index (κ1) is 55.5. The summed E-state index contributed by atoms with van der Waals surface area (Å²) in [6.07, 6.45) is 3.56. The molecule has 2 saturated heterocycles. The van der Waals surface area contributed by atoms with Gasteiger partial charge in [-0.25, -0.2) is 23.8 Å². The number of ether oxygens (including phenoxy) is 2. The average Bonchev–Trinajstić information content (AvgIpc) is 3.86. The molecule has 60 heavy (non-hydrogen) atoms. The maximum atomic E-state index is 11.8. The molecule has 0 aliphatic carbocycles. The van der Waals surface area contributed by atoms with Gasteiger partial charge in [-0.1, -0.05) is 69.2 Å². The summed E-state index contributed by atoms with van der Waals surface area (Å²) in [6.45, 7) is 45.2. The molecule has 4 aromatic rings. The second kappa shape index (κ2) is 22.0. The van der Waals surface area contributed by atoms with Crippen LogP contribution in [0.2, 0.25) is 36.3 Å². The van der Waals surface area contributed by atoms with E-state index >= 15 is 0 Å². The summed E-state index contributed by atoms with van der Waals surface area (Å²) in [5, 5.41) is 20.2. The van der Waals surface area contributed by atoms with Crippen molar-refractivity contribution in [2.24, 2.45) is 11.8 Å². The quantitative estimate of drug-likeness (QED) is 0.0689. The topological polar surface area (TPSA) is 187 Å². The zero-order chi connectivity index (χ0) is 45.1. The van der Waals surface area contributed by atoms with Gasteiger partial charge < -0.3 is 42.3 Å². The van der Waals surface area contributed by atoms with Crippen LogP contribution in [0.4, 0.5) is 11.6 Å². The molecule has 0 aromatic carbocycles. The molecule has 0 radical (unpaired) electrons. The number of hydrogen-bond donors (Lipinski definition) is 3. The van der Waals surface area contributed by atoms with Gasteiger partial charge in [0, 0.05) is 11.8 Å². The third-order valence-corrected chi connectivity index (χ3v) is 21.6. The van der Waals surface area contributed by atoms with E-state index in [0.717, 1.165) is 22.1 Å². The summed E-state index contributed by atoms with van der Waals surface area (Å²) in [5.74, 6) is -0.680. The van der Waals surface area contributed by atoms with Crippen LogP contribution in [0.3, 0.4) is 0 Å². The molecule has 7 atom stereocenters. The van der Waals surface area contributed by atoms with E-state index in [1.54, 1.807) is 21.2 Å². The molecule has 338 valence electrons. The number of cyclic esters (lactones) is 1. The van der Waals surface area contributed by atoms with Crippen molar-refractivity contribution in [2.75, 3.05) is 11.5 Å². The normalized spacial score (nSPS) is 24.4. The Balaban J connectivity index is 0.000000320. The Morgan fingerprint density at radius 3 is 1.73 bits per heavy atom. The van der Waals surface area contributed by atoms with Crippen LogP contribution in [0.25, 0.3) is 11.0 Å². The summed E-state index contributed by atoms with van der Waals surface area (Å²) in [7, 11) is -4.04. The molecule has 6 heterocycles. The molecule has 2 fully saturated rings. The summed E-state index contributed by atoms with van der Waals surface area (Å²) >= 11 is -0.118. The Hall–Kier alpha value is -0.621. The number of halogens is 4. The molecule has 21 heteroatoms. The number of nitrogen functional groups attached to an aromatic ring is 2. The first-order chi connectivity index (χ1) is 27.0. The first-order valence-electron chi connectivity index (χ1n) is 19.7. The number of aromatic nitrogens is 6. The molecular formula is C39H66Cl3ILaN8O6Si2-. The van der Waals surface area contributed by atoms with E-state index in [1.807, 2.05) is 19.1 Å². The van der Waals surface area contributed by atoms with Crippen molar-refractivity contribution >= 4 is 88.2 Å². The number of rotatable bonds is 7. The number of hydrogen-bond acceptors (Lipinski definition) is 12. The van der Waals surface area contributed by atoms with E-state index < -0.39 is 54.2 Å². The Kier molecular flexibility index (Phi) is 20.4. The van der Waals surface area contributed by atoms with Gasteiger partial charge in [0.15, 0.2) is 28.3 Å². The fourth-order valence-electron chi connectivity index (χ4n) is 6.28. The molecule has 0 spiro atoms. The fraction of sp³-hybridized carbons (Fsp3) is 0.641. The molecule has 4 aromatic heterocycles. The van der Waals surface area contributed by atoms with Crippen molar-refractivity contribution in [1.82, 2.24) is 29.2 Å². The van der Waals surface area contributed by atoms with Crippen molar-refractivity contribution in [3.8, 4) is 0 Å². The number of fused-ring (bicyclic) bond motifs is 2. The van der Waals surface area contributed by atoms with Crippen LogP contribution in [0.5, 0.6) is 0 Å². The van der Waals surface area contributed by atoms with Crippen LogP contribution in [-0.2, 0) is 28.9 Å². The number of nitrogens with zero attached hydrogens (tertiary/aromatic N) is 6. The first-order valence-corrected chi connectivity index (χ1v) is 40.3. The monoisotopic (exact) mass is 1170 g/mol. The Morgan fingerprint density at radius 2 is 1.28 bits per heavy atom. The number of esters is 1. The fourth-order valence-corrected chi connectivity index (χ4v) is 9.51. The summed E-state index contributed by atoms with van der Waals surface area (Å²) < 4.78 is 28.8. The minimum absolute atomic E-state index is 0. The van der Waals surface area contributed by atoms with Crippen LogP contribution >= 0.6 is 43.0 Å². The van der Waals surface area contributed by atoms with Gasteiger partial charge in [-0.15, -0.1) is 0 Å². The van der Waals surface area contributed by atoms with Crippen LogP contribution in [0, 0.1) is 48.6 Å². The van der Waals surface area contributed by atoms with Gasteiger partial charge >= 0.3 is 52.0 Å². The number of carbonyl (C=O) groups is 1. The number of nitrogens with two attached hydrogens (primary N) is 2. The van der Waals surface area contributed by atoms with E-state index in [0.29, 0.717) is 22.8 Å². The standard InChI is InChI=1S/C19H32N4O3Si.C13H26O3Si.C6H5IN4.CH3.3ClH.La/c1-8-14-12(2)16(26-27(6,7)18(3,4)5)19(24,25-14)15-10-9-13-17(20)21-11-22-23(13)15;1-8-10-9(2)11(12(14)15-10)16-17(6,7)13(3,4)5;7-5-2-1-4-6(8)9-3-10-11(4)5;;;;;/h9-12,14,16,24H,8H2,1-7H3,(H2,20,21,22);9-11H,8H2,1-7H3;1-3H,(H2,8,9,10);1H3;3*1H;/q;;;-1;;;;+3/p-3/t12-,14-,16-,19?;9-,10-,11-;;;;;;/m11....../s1. The van der Waals surface area contributed by atoms with Gasteiger partial charge in [-0.2, -0.15) is 10.2 Å². The van der Waals surface area contributed by atoms with Crippen LogP contribution in [0.15, 0.2) is 36.9 Å². The number of anilines is 2. The maximum absolute atomic E-state index is 11.8. The molecule has 14 nitrogen and oxygen atoms in total. The van der Waals surface area contributed by atoms with Gasteiger partial charge in [-0.05, 0) is 96.0 Å². The molecule has 2 aliphatic heterocycles. The van der Waals surface area contributed by atoms with Gasteiger partial charge in [0.2, 0.25) is 5.79 Å². The van der Waals surface area contributed by atoms with Crippen molar-refractivity contribution in [3.05, 3.63) is 53.7 Å². The van der Waals surface area contributed by atoms with Crippen molar-refractivity contribution in [2.45, 2.75) is 149 Å². The second-order valence-electron chi connectivity index (χ2n) is 18.0. The molecule has 0 saturated carbocycles. The van der Waals surface area contributed by atoms with Crippen LogP contribution in [0.1, 0.15) is 87.8 Å². The zero-order valence-electron chi connectivity index (χ0n) is 37.8. The number of carbonyl (C=O) groups excluding carboxylic acids is 1. The van der Waals surface area contributed by atoms with Gasteiger partial charge in [0.05, 0.1) is 6.10 Å². The molecule has 6 rings (SSSR count).